The van der Waals surface area contributed by atoms with E-state index in [2.05, 4.69) is 15.1 Å². The Balaban J connectivity index is 1.23. The van der Waals surface area contributed by atoms with Crippen LogP contribution in [0.3, 0.4) is 0 Å². The minimum absolute atomic E-state index is 0.0372. The molecule has 8 nitrogen and oxygen atoms in total. The van der Waals surface area contributed by atoms with Gasteiger partial charge in [-0.2, -0.15) is 5.10 Å². The van der Waals surface area contributed by atoms with Crippen LogP contribution in [0.25, 0.3) is 0 Å². The van der Waals surface area contributed by atoms with Crippen molar-refractivity contribution in [2.24, 2.45) is 28.6 Å². The molecule has 2 amide bonds. The number of carbonyl (C=O) groups is 2. The average Bonchev–Trinajstić information content (AvgIpc) is 3.47. The Bertz CT molecular complexity index is 1090. The van der Waals surface area contributed by atoms with Gasteiger partial charge in [0.2, 0.25) is 11.9 Å². The van der Waals surface area contributed by atoms with E-state index in [1.54, 1.807) is 0 Å². The summed E-state index contributed by atoms with van der Waals surface area (Å²) in [5, 5.41) is 5.81. The van der Waals surface area contributed by atoms with Crippen molar-refractivity contribution in [1.82, 2.24) is 15.0 Å². The van der Waals surface area contributed by atoms with Gasteiger partial charge < -0.3 is 10.6 Å². The maximum atomic E-state index is 13.5. The van der Waals surface area contributed by atoms with E-state index < -0.39 is 17.5 Å². The summed E-state index contributed by atoms with van der Waals surface area (Å²) in [6, 6.07) is 4.78. The summed E-state index contributed by atoms with van der Waals surface area (Å²) < 4.78 is 27.0. The molecule has 2 N–H and O–H groups in total. The Kier molecular flexibility index (Phi) is 5.07. The molecule has 0 spiro atoms. The van der Waals surface area contributed by atoms with Crippen molar-refractivity contribution in [2.45, 2.75) is 19.3 Å². The zero-order valence-corrected chi connectivity index (χ0v) is 17.2. The largest absolute Gasteiger partial charge is 0.364 e. The molecule has 3 aliphatic rings. The van der Waals surface area contributed by atoms with Crippen molar-refractivity contribution in [3.8, 4) is 0 Å². The van der Waals surface area contributed by atoms with E-state index in [4.69, 9.17) is 5.73 Å². The van der Waals surface area contributed by atoms with Crippen LogP contribution in [-0.4, -0.2) is 52.1 Å². The van der Waals surface area contributed by atoms with Crippen LogP contribution in [0, 0.1) is 29.4 Å². The fourth-order valence-corrected chi connectivity index (χ4v) is 5.05. The third-order valence-electron chi connectivity index (χ3n) is 6.53. The van der Waals surface area contributed by atoms with Crippen LogP contribution in [0.1, 0.15) is 35.3 Å². The number of anilines is 1. The number of rotatable bonds is 4. The number of amides is 2. The van der Waals surface area contributed by atoms with Crippen molar-refractivity contribution >= 4 is 23.5 Å². The van der Waals surface area contributed by atoms with Gasteiger partial charge >= 0.3 is 0 Å². The molecule has 3 heterocycles. The van der Waals surface area contributed by atoms with Crippen LogP contribution >= 0.6 is 0 Å². The number of aromatic nitrogens is 2. The highest BCUT2D eigenvalue weighted by Gasteiger charge is 2.45. The molecule has 1 saturated carbocycles. The molecular formula is C22H22F2N6O2. The normalized spacial score (nSPS) is 22.9. The topological polar surface area (TPSA) is 105 Å². The van der Waals surface area contributed by atoms with Gasteiger partial charge in [0, 0.05) is 43.3 Å². The lowest BCUT2D eigenvalue weighted by Gasteiger charge is -2.20. The fourth-order valence-electron chi connectivity index (χ4n) is 5.05. The lowest BCUT2D eigenvalue weighted by molar-refractivity contribution is -0.135. The third-order valence-corrected chi connectivity index (χ3v) is 6.53. The summed E-state index contributed by atoms with van der Waals surface area (Å²) in [6.45, 7) is 1.85. The number of hydrazone groups is 1. The van der Waals surface area contributed by atoms with E-state index >= 15 is 0 Å². The number of hydrogen-bond donors (Lipinski definition) is 1. The Labute approximate surface area is 183 Å². The van der Waals surface area contributed by atoms with E-state index in [9.17, 15) is 18.4 Å². The first-order valence-corrected chi connectivity index (χ1v) is 10.6. The summed E-state index contributed by atoms with van der Waals surface area (Å²) in [4.78, 5) is 35.0. The highest BCUT2D eigenvalue weighted by molar-refractivity contribution is 6.02. The van der Waals surface area contributed by atoms with Gasteiger partial charge in [0.05, 0.1) is 12.3 Å². The second-order valence-corrected chi connectivity index (χ2v) is 8.62. The van der Waals surface area contributed by atoms with Crippen LogP contribution in [0.4, 0.5) is 14.7 Å². The Morgan fingerprint density at radius 3 is 2.41 bits per heavy atom. The van der Waals surface area contributed by atoms with Gasteiger partial charge in [-0.25, -0.2) is 23.8 Å². The lowest BCUT2D eigenvalue weighted by atomic mass is 10.0. The maximum Gasteiger partial charge on any atom is 0.267 e. The molecule has 1 saturated heterocycles. The van der Waals surface area contributed by atoms with Crippen LogP contribution in [0.5, 0.6) is 0 Å². The van der Waals surface area contributed by atoms with E-state index in [0.717, 1.165) is 18.9 Å². The van der Waals surface area contributed by atoms with Gasteiger partial charge in [-0.05, 0) is 42.9 Å². The molecule has 0 radical (unpaired) electrons. The molecule has 2 aliphatic heterocycles. The molecule has 2 atom stereocenters. The molecule has 0 bridgehead atoms. The minimum atomic E-state index is -0.661. The highest BCUT2D eigenvalue weighted by atomic mass is 19.1. The van der Waals surface area contributed by atoms with Crippen molar-refractivity contribution in [1.29, 1.82) is 0 Å². The molecule has 166 valence electrons. The predicted octanol–water partition coefficient (Wildman–Crippen LogP) is 1.95. The molecule has 5 rings (SSSR count). The average molecular weight is 440 g/mol. The van der Waals surface area contributed by atoms with E-state index in [1.807, 2.05) is 4.90 Å². The number of fused-ring (bicyclic) bond motifs is 1. The summed E-state index contributed by atoms with van der Waals surface area (Å²) in [5.41, 5.74) is 6.38. The summed E-state index contributed by atoms with van der Waals surface area (Å²) in [5.74, 6) is -0.944. The standard InChI is InChI=1S/C22H22F2N6O2/c23-16-7-12(8-17(24)9-16)18-2-4-30(28-18)21(32)13-5-14-10-29(11-15(14)6-13)22-26-3-1-19(27-22)20(25)31/h1,3,7-9,13-15H,2,4-6,10-11H2,(H2,25,31)/t14-,15-/m1/s1. The Morgan fingerprint density at radius 2 is 1.75 bits per heavy atom. The maximum absolute atomic E-state index is 13.5. The van der Waals surface area contributed by atoms with Gasteiger partial charge in [0.1, 0.15) is 17.3 Å². The fraction of sp³-hybridized carbons (Fsp3) is 0.409. The van der Waals surface area contributed by atoms with Gasteiger partial charge in [0.25, 0.3) is 5.91 Å². The summed E-state index contributed by atoms with van der Waals surface area (Å²) in [6.07, 6.45) is 3.47. The SMILES string of the molecule is NC(=O)c1ccnc(N2C[C@H]3CC(C(=O)N4CCC(c5cc(F)cc(F)c5)=N4)C[C@@H]3C2)n1. The molecule has 32 heavy (non-hydrogen) atoms. The smallest absolute Gasteiger partial charge is 0.267 e. The zero-order chi connectivity index (χ0) is 22.4. The van der Waals surface area contributed by atoms with Gasteiger partial charge in [-0.1, -0.05) is 0 Å². The molecular weight excluding hydrogens is 418 g/mol. The second kappa shape index (κ2) is 7.92. The number of nitrogens with two attached hydrogens (primary N) is 1. The second-order valence-electron chi connectivity index (χ2n) is 8.62. The molecule has 2 fully saturated rings. The number of halogens is 2. The van der Waals surface area contributed by atoms with Crippen LogP contribution in [-0.2, 0) is 4.79 Å². The zero-order valence-electron chi connectivity index (χ0n) is 17.2. The van der Waals surface area contributed by atoms with Gasteiger partial charge in [-0.3, -0.25) is 9.59 Å². The van der Waals surface area contributed by atoms with Crippen molar-refractivity contribution in [3.05, 3.63) is 53.4 Å². The minimum Gasteiger partial charge on any atom is -0.364 e. The lowest BCUT2D eigenvalue weighted by Crippen LogP contribution is -2.31. The first-order valence-electron chi connectivity index (χ1n) is 10.6. The Morgan fingerprint density at radius 1 is 1.06 bits per heavy atom. The predicted molar refractivity (Wildman–Crippen MR) is 112 cm³/mol. The van der Waals surface area contributed by atoms with E-state index in [-0.39, 0.29) is 17.5 Å². The molecule has 10 heteroatoms. The van der Waals surface area contributed by atoms with Crippen LogP contribution in [0.15, 0.2) is 35.6 Å². The summed E-state index contributed by atoms with van der Waals surface area (Å²) >= 11 is 0. The molecule has 2 aromatic rings. The van der Waals surface area contributed by atoms with Crippen LogP contribution in [0.2, 0.25) is 0 Å². The third kappa shape index (κ3) is 3.80. The van der Waals surface area contributed by atoms with Crippen molar-refractivity contribution < 1.29 is 18.4 Å². The van der Waals surface area contributed by atoms with Crippen LogP contribution < -0.4 is 10.6 Å². The monoisotopic (exact) mass is 440 g/mol. The summed E-state index contributed by atoms with van der Waals surface area (Å²) in [7, 11) is 0. The molecule has 1 aromatic carbocycles. The molecule has 0 unspecified atom stereocenters. The number of benzene rings is 1. The highest BCUT2D eigenvalue weighted by Crippen LogP contribution is 2.43. The van der Waals surface area contributed by atoms with Crippen molar-refractivity contribution in [2.75, 3.05) is 24.5 Å². The molecule has 1 aromatic heterocycles. The van der Waals surface area contributed by atoms with Crippen molar-refractivity contribution in [3.63, 3.8) is 0 Å². The number of nitrogens with zero attached hydrogens (tertiary/aromatic N) is 5. The number of primary amides is 1. The Hall–Kier alpha value is -3.43. The first kappa shape index (κ1) is 20.5. The quantitative estimate of drug-likeness (QED) is 0.783. The number of carbonyl (C=O) groups excluding carboxylic acids is 2. The molecule has 1 aliphatic carbocycles. The van der Waals surface area contributed by atoms with E-state index in [1.165, 1.54) is 29.4 Å². The van der Waals surface area contributed by atoms with Gasteiger partial charge in [-0.15, -0.1) is 0 Å². The van der Waals surface area contributed by atoms with Gasteiger partial charge in [0.15, 0.2) is 0 Å². The first-order chi connectivity index (χ1) is 15.4. The number of hydrogen-bond acceptors (Lipinski definition) is 6. The van der Waals surface area contributed by atoms with E-state index in [0.29, 0.717) is 55.1 Å².